The van der Waals surface area contributed by atoms with Crippen LogP contribution in [-0.4, -0.2) is 11.5 Å². The first-order chi connectivity index (χ1) is 8.69. The van der Waals surface area contributed by atoms with Crippen LogP contribution in [0.2, 0.25) is 0 Å². The van der Waals surface area contributed by atoms with Crippen molar-refractivity contribution >= 4 is 16.5 Å². The molecule has 1 N–H and O–H groups in total. The summed E-state index contributed by atoms with van der Waals surface area (Å²) in [6, 6.07) is 4.54. The second-order valence-corrected chi connectivity index (χ2v) is 4.98. The van der Waals surface area contributed by atoms with E-state index >= 15 is 0 Å². The van der Waals surface area contributed by atoms with E-state index in [1.807, 2.05) is 13.8 Å². The lowest BCUT2D eigenvalue weighted by molar-refractivity contribution is 0.305. The van der Waals surface area contributed by atoms with Gasteiger partial charge in [0.05, 0.1) is 4.88 Å². The lowest BCUT2D eigenvalue weighted by Gasteiger charge is -2.07. The summed E-state index contributed by atoms with van der Waals surface area (Å²) in [5.74, 6) is 0.293. The van der Waals surface area contributed by atoms with Crippen molar-refractivity contribution in [2.75, 3.05) is 11.9 Å². The number of hydrogen-bond acceptors (Lipinski definition) is 4. The van der Waals surface area contributed by atoms with Gasteiger partial charge in [-0.25, -0.2) is 9.37 Å². The van der Waals surface area contributed by atoms with Crippen LogP contribution < -0.4 is 10.1 Å². The highest BCUT2D eigenvalue weighted by Crippen LogP contribution is 2.23. The molecule has 1 aromatic heterocycles. The summed E-state index contributed by atoms with van der Waals surface area (Å²) in [6.45, 7) is 5.17. The smallest absolute Gasteiger partial charge is 0.182 e. The number of benzene rings is 1. The fourth-order valence-electron chi connectivity index (χ4n) is 1.49. The zero-order chi connectivity index (χ0) is 13.0. The Bertz CT molecular complexity index is 527. The number of anilines is 1. The SMILES string of the molecule is CCNc1ncc(COc2cc(F)ccc2C)s1. The lowest BCUT2D eigenvalue weighted by Crippen LogP contribution is -1.95. The Morgan fingerprint density at radius 1 is 1.44 bits per heavy atom. The molecule has 3 nitrogen and oxygen atoms in total. The Labute approximate surface area is 110 Å². The van der Waals surface area contributed by atoms with Crippen LogP contribution in [0, 0.1) is 12.7 Å². The molecule has 0 radical (unpaired) electrons. The topological polar surface area (TPSA) is 34.2 Å². The summed E-state index contributed by atoms with van der Waals surface area (Å²) in [4.78, 5) is 5.22. The molecule has 0 saturated heterocycles. The Hall–Kier alpha value is -1.62. The highest BCUT2D eigenvalue weighted by atomic mass is 32.1. The van der Waals surface area contributed by atoms with Gasteiger partial charge < -0.3 is 10.1 Å². The van der Waals surface area contributed by atoms with Crippen molar-refractivity contribution in [3.05, 3.63) is 40.7 Å². The number of nitrogens with zero attached hydrogens (tertiary/aromatic N) is 1. The predicted octanol–water partition coefficient (Wildman–Crippen LogP) is 3.60. The van der Waals surface area contributed by atoms with E-state index in [-0.39, 0.29) is 5.82 Å². The number of hydrogen-bond donors (Lipinski definition) is 1. The van der Waals surface area contributed by atoms with Crippen molar-refractivity contribution in [2.24, 2.45) is 0 Å². The van der Waals surface area contributed by atoms with E-state index in [4.69, 9.17) is 4.74 Å². The highest BCUT2D eigenvalue weighted by molar-refractivity contribution is 7.15. The van der Waals surface area contributed by atoms with Gasteiger partial charge in [-0.05, 0) is 25.5 Å². The number of rotatable bonds is 5. The molecule has 1 aromatic carbocycles. The first kappa shape index (κ1) is 12.8. The standard InChI is InChI=1S/C13H15FN2OS/c1-3-15-13-16-7-11(18-13)8-17-12-6-10(14)5-4-9(12)2/h4-7H,3,8H2,1-2H3,(H,15,16). The molecule has 0 amide bonds. The maximum absolute atomic E-state index is 13.1. The number of aromatic nitrogens is 1. The average molecular weight is 266 g/mol. The number of nitrogens with one attached hydrogen (secondary N) is 1. The third-order valence-corrected chi connectivity index (χ3v) is 3.33. The molecular formula is C13H15FN2OS. The van der Waals surface area contributed by atoms with Crippen molar-refractivity contribution in [2.45, 2.75) is 20.5 Å². The van der Waals surface area contributed by atoms with Gasteiger partial charge in [-0.1, -0.05) is 17.4 Å². The Kier molecular flexibility index (Phi) is 4.15. The molecule has 0 fully saturated rings. The van der Waals surface area contributed by atoms with Crippen molar-refractivity contribution in [3.63, 3.8) is 0 Å². The van der Waals surface area contributed by atoms with E-state index < -0.39 is 0 Å². The van der Waals surface area contributed by atoms with Crippen LogP contribution in [0.15, 0.2) is 24.4 Å². The summed E-state index contributed by atoms with van der Waals surface area (Å²) in [5, 5.41) is 4.02. The van der Waals surface area contributed by atoms with Gasteiger partial charge in [0, 0.05) is 18.8 Å². The van der Waals surface area contributed by atoms with E-state index in [0.29, 0.717) is 12.4 Å². The summed E-state index contributed by atoms with van der Waals surface area (Å²) >= 11 is 1.55. The zero-order valence-corrected chi connectivity index (χ0v) is 11.2. The van der Waals surface area contributed by atoms with Crippen LogP contribution in [0.25, 0.3) is 0 Å². The first-order valence-electron chi connectivity index (χ1n) is 5.76. The minimum atomic E-state index is -0.284. The van der Waals surface area contributed by atoms with Crippen molar-refractivity contribution < 1.29 is 9.13 Å². The Morgan fingerprint density at radius 3 is 3.06 bits per heavy atom. The summed E-state index contributed by atoms with van der Waals surface area (Å²) in [5.41, 5.74) is 0.924. The van der Waals surface area contributed by atoms with Crippen molar-refractivity contribution in [3.8, 4) is 5.75 Å². The van der Waals surface area contributed by atoms with Gasteiger partial charge in [0.1, 0.15) is 18.2 Å². The second kappa shape index (κ2) is 5.82. The maximum atomic E-state index is 13.1. The molecule has 1 heterocycles. The van der Waals surface area contributed by atoms with Gasteiger partial charge in [0.25, 0.3) is 0 Å². The molecule has 0 spiro atoms. The van der Waals surface area contributed by atoms with Crippen LogP contribution in [0.5, 0.6) is 5.75 Å². The van der Waals surface area contributed by atoms with Gasteiger partial charge in [-0.2, -0.15) is 0 Å². The molecule has 0 unspecified atom stereocenters. The molecule has 0 atom stereocenters. The van der Waals surface area contributed by atoms with Crippen molar-refractivity contribution in [1.82, 2.24) is 4.98 Å². The molecule has 0 saturated carbocycles. The summed E-state index contributed by atoms with van der Waals surface area (Å²) < 4.78 is 18.7. The fourth-order valence-corrected chi connectivity index (χ4v) is 2.28. The van der Waals surface area contributed by atoms with Gasteiger partial charge in [-0.3, -0.25) is 0 Å². The molecule has 2 aromatic rings. The molecule has 0 aliphatic heterocycles. The van der Waals surface area contributed by atoms with Gasteiger partial charge in [-0.15, -0.1) is 0 Å². The molecule has 0 aliphatic rings. The number of aryl methyl sites for hydroxylation is 1. The molecular weight excluding hydrogens is 251 g/mol. The minimum absolute atomic E-state index is 0.284. The van der Waals surface area contributed by atoms with E-state index in [1.54, 1.807) is 23.6 Å². The molecule has 18 heavy (non-hydrogen) atoms. The van der Waals surface area contributed by atoms with Crippen LogP contribution in [0.3, 0.4) is 0 Å². The van der Waals surface area contributed by atoms with Crippen LogP contribution >= 0.6 is 11.3 Å². The van der Waals surface area contributed by atoms with Gasteiger partial charge in [0.15, 0.2) is 5.13 Å². The Morgan fingerprint density at radius 2 is 2.28 bits per heavy atom. The third kappa shape index (κ3) is 3.20. The average Bonchev–Trinajstić information content (AvgIpc) is 2.79. The number of halogens is 1. The third-order valence-electron chi connectivity index (χ3n) is 2.40. The highest BCUT2D eigenvalue weighted by Gasteiger charge is 2.05. The molecule has 0 bridgehead atoms. The van der Waals surface area contributed by atoms with Crippen LogP contribution in [0.1, 0.15) is 17.4 Å². The van der Waals surface area contributed by atoms with E-state index in [9.17, 15) is 4.39 Å². The number of ether oxygens (including phenoxy) is 1. The normalized spacial score (nSPS) is 10.4. The van der Waals surface area contributed by atoms with E-state index in [0.717, 1.165) is 22.1 Å². The summed E-state index contributed by atoms with van der Waals surface area (Å²) in [7, 11) is 0. The van der Waals surface area contributed by atoms with Crippen LogP contribution in [-0.2, 0) is 6.61 Å². The largest absolute Gasteiger partial charge is 0.488 e. The molecule has 2 rings (SSSR count). The molecule has 96 valence electrons. The second-order valence-electron chi connectivity index (χ2n) is 3.86. The molecule has 0 aliphatic carbocycles. The van der Waals surface area contributed by atoms with Crippen molar-refractivity contribution in [1.29, 1.82) is 0 Å². The quantitative estimate of drug-likeness (QED) is 0.897. The predicted molar refractivity (Wildman–Crippen MR) is 71.7 cm³/mol. The fraction of sp³-hybridized carbons (Fsp3) is 0.308. The van der Waals surface area contributed by atoms with Crippen LogP contribution in [0.4, 0.5) is 9.52 Å². The Balaban J connectivity index is 1.99. The summed E-state index contributed by atoms with van der Waals surface area (Å²) in [6.07, 6.45) is 1.78. The van der Waals surface area contributed by atoms with E-state index in [1.165, 1.54) is 12.1 Å². The lowest BCUT2D eigenvalue weighted by atomic mass is 10.2. The zero-order valence-electron chi connectivity index (χ0n) is 10.4. The van der Waals surface area contributed by atoms with E-state index in [2.05, 4.69) is 10.3 Å². The minimum Gasteiger partial charge on any atom is -0.488 e. The number of thiazole rings is 1. The monoisotopic (exact) mass is 266 g/mol. The van der Waals surface area contributed by atoms with Gasteiger partial charge in [0.2, 0.25) is 0 Å². The van der Waals surface area contributed by atoms with Gasteiger partial charge >= 0.3 is 0 Å². The first-order valence-corrected chi connectivity index (χ1v) is 6.58. The maximum Gasteiger partial charge on any atom is 0.182 e. The molecule has 5 heteroatoms.